The van der Waals surface area contributed by atoms with E-state index in [9.17, 15) is 0 Å². The predicted molar refractivity (Wildman–Crippen MR) is 94.3 cm³/mol. The zero-order valence-corrected chi connectivity index (χ0v) is 14.9. The first-order valence-electron chi connectivity index (χ1n) is 8.94. The van der Waals surface area contributed by atoms with Gasteiger partial charge in [0, 0.05) is 0 Å². The molecule has 0 amide bonds. The summed E-state index contributed by atoms with van der Waals surface area (Å²) in [5, 5.41) is 0. The van der Waals surface area contributed by atoms with E-state index in [0.717, 1.165) is 0 Å². The van der Waals surface area contributed by atoms with Gasteiger partial charge in [0.2, 0.25) is 0 Å². The molecular weight excluding hydrogens is 241 g/mol. The highest BCUT2D eigenvalue weighted by Crippen LogP contribution is 2.12. The number of quaternary nitrogens is 1. The van der Waals surface area contributed by atoms with E-state index in [1.54, 1.807) is 0 Å². The van der Waals surface area contributed by atoms with Crippen LogP contribution in [0.15, 0.2) is 0 Å². The van der Waals surface area contributed by atoms with Crippen LogP contribution in [0.5, 0.6) is 0 Å². The van der Waals surface area contributed by atoms with Gasteiger partial charge in [0.15, 0.2) is 0 Å². The fourth-order valence-electron chi connectivity index (χ4n) is 2.54. The maximum absolute atomic E-state index is 2.35. The summed E-state index contributed by atoms with van der Waals surface area (Å²) in [4.78, 5) is 0. The van der Waals surface area contributed by atoms with E-state index in [1.165, 1.54) is 94.6 Å². The highest BCUT2D eigenvalue weighted by molar-refractivity contribution is 5.75. The Balaban J connectivity index is 0. The minimum Gasteiger partial charge on any atom is -1.00 e. The van der Waals surface area contributed by atoms with E-state index in [2.05, 4.69) is 27.9 Å². The van der Waals surface area contributed by atoms with Gasteiger partial charge in [-0.15, -0.1) is 0 Å². The van der Waals surface area contributed by atoms with Gasteiger partial charge in [-0.05, 0) is 19.8 Å². The maximum Gasteiger partial charge on any atom is 0.0782 e. The SMILES string of the molecule is CCCCCCCCCCCCCC[N+](C)(C)CC.[B-]. The first-order chi connectivity index (χ1) is 9.12. The minimum absolute atomic E-state index is 0. The van der Waals surface area contributed by atoms with E-state index in [-0.39, 0.29) is 8.41 Å². The Morgan fingerprint density at radius 3 is 1.25 bits per heavy atom. The van der Waals surface area contributed by atoms with E-state index < -0.39 is 0 Å². The number of nitrogens with zero attached hydrogens (tertiary/aromatic N) is 1. The number of rotatable bonds is 14. The molecular formula is C18H40BN. The predicted octanol–water partition coefficient (Wildman–Crippen LogP) is 5.40. The second-order valence-corrected chi connectivity index (χ2v) is 6.86. The Kier molecular flexibility index (Phi) is 17.2. The summed E-state index contributed by atoms with van der Waals surface area (Å²) in [7, 11) is 4.69. The van der Waals surface area contributed by atoms with Gasteiger partial charge in [-0.25, -0.2) is 0 Å². The molecule has 0 saturated carbocycles. The molecule has 0 aliphatic heterocycles. The molecule has 0 heterocycles. The van der Waals surface area contributed by atoms with Crippen LogP contribution in [0.2, 0.25) is 0 Å². The minimum atomic E-state index is 0. The van der Waals surface area contributed by atoms with Crippen LogP contribution >= 0.6 is 0 Å². The van der Waals surface area contributed by atoms with Gasteiger partial charge in [0.25, 0.3) is 0 Å². The number of unbranched alkanes of at least 4 members (excludes halogenated alkanes) is 11. The molecule has 2 heteroatoms. The Bertz CT molecular complexity index is 180. The van der Waals surface area contributed by atoms with Crippen LogP contribution < -0.4 is 0 Å². The molecule has 0 aromatic heterocycles. The van der Waals surface area contributed by atoms with E-state index in [4.69, 9.17) is 0 Å². The lowest BCUT2D eigenvalue weighted by Crippen LogP contribution is -2.39. The van der Waals surface area contributed by atoms with E-state index >= 15 is 0 Å². The van der Waals surface area contributed by atoms with Gasteiger partial charge < -0.3 is 12.9 Å². The molecule has 0 aliphatic carbocycles. The molecule has 0 aliphatic rings. The van der Waals surface area contributed by atoms with Crippen molar-refractivity contribution in [3.8, 4) is 0 Å². The van der Waals surface area contributed by atoms with Crippen molar-refractivity contribution >= 4 is 8.41 Å². The molecule has 0 rings (SSSR count). The van der Waals surface area contributed by atoms with Gasteiger partial charge in [0.05, 0.1) is 27.2 Å². The van der Waals surface area contributed by atoms with Crippen LogP contribution in [-0.2, 0) is 0 Å². The molecule has 0 saturated heterocycles. The van der Waals surface area contributed by atoms with Crippen LogP contribution in [0.1, 0.15) is 90.9 Å². The second kappa shape index (κ2) is 15.4. The highest BCUT2D eigenvalue weighted by Gasteiger charge is 2.09. The largest absolute Gasteiger partial charge is 1.00 e. The van der Waals surface area contributed by atoms with Crippen molar-refractivity contribution in [2.75, 3.05) is 27.2 Å². The molecule has 0 fully saturated rings. The van der Waals surface area contributed by atoms with Crippen LogP contribution in [-0.4, -0.2) is 40.1 Å². The highest BCUT2D eigenvalue weighted by atomic mass is 15.3. The number of hydrogen-bond acceptors (Lipinski definition) is 0. The van der Waals surface area contributed by atoms with E-state index in [0.29, 0.717) is 0 Å². The first-order valence-corrected chi connectivity index (χ1v) is 8.94. The molecule has 0 aromatic rings. The average Bonchev–Trinajstić information content (AvgIpc) is 2.40. The van der Waals surface area contributed by atoms with Crippen molar-refractivity contribution in [1.29, 1.82) is 0 Å². The third-order valence-corrected chi connectivity index (χ3v) is 4.47. The van der Waals surface area contributed by atoms with Crippen molar-refractivity contribution in [2.24, 2.45) is 0 Å². The maximum atomic E-state index is 2.35. The Morgan fingerprint density at radius 2 is 0.900 bits per heavy atom. The third-order valence-electron chi connectivity index (χ3n) is 4.47. The zero-order valence-electron chi connectivity index (χ0n) is 14.9. The summed E-state index contributed by atoms with van der Waals surface area (Å²) in [6.07, 6.45) is 17.4. The van der Waals surface area contributed by atoms with Gasteiger partial charge in [-0.1, -0.05) is 71.1 Å². The topological polar surface area (TPSA) is 0 Å². The van der Waals surface area contributed by atoms with Gasteiger partial charge in [-0.3, -0.25) is 0 Å². The molecule has 20 heavy (non-hydrogen) atoms. The van der Waals surface area contributed by atoms with Crippen molar-refractivity contribution < 1.29 is 4.48 Å². The fraction of sp³-hybridized carbons (Fsp3) is 1.00. The number of hydrogen-bond donors (Lipinski definition) is 0. The second-order valence-electron chi connectivity index (χ2n) is 6.86. The fourth-order valence-corrected chi connectivity index (χ4v) is 2.54. The molecule has 4 radical (unpaired) electrons. The smallest absolute Gasteiger partial charge is 0.0782 e. The summed E-state index contributed by atoms with van der Waals surface area (Å²) in [5.74, 6) is 0. The van der Waals surface area contributed by atoms with E-state index in [1.807, 2.05) is 0 Å². The van der Waals surface area contributed by atoms with Gasteiger partial charge in [-0.2, -0.15) is 0 Å². The Morgan fingerprint density at radius 1 is 0.550 bits per heavy atom. The lowest BCUT2D eigenvalue weighted by Gasteiger charge is -2.28. The van der Waals surface area contributed by atoms with Crippen molar-refractivity contribution in [1.82, 2.24) is 0 Å². The standard InChI is InChI=1S/C18H40N.B/c1-5-7-8-9-10-11-12-13-14-15-16-17-18-19(3,4)6-2;/h5-18H2,1-4H3;/q+1;-1. The molecule has 0 aromatic carbocycles. The summed E-state index contributed by atoms with van der Waals surface area (Å²) in [6.45, 7) is 7.20. The molecule has 0 atom stereocenters. The molecule has 1 nitrogen and oxygen atoms in total. The summed E-state index contributed by atoms with van der Waals surface area (Å²) in [5.41, 5.74) is 0. The quantitative estimate of drug-likeness (QED) is 0.227. The monoisotopic (exact) mass is 281 g/mol. The van der Waals surface area contributed by atoms with Gasteiger partial charge >= 0.3 is 0 Å². The Hall–Kier alpha value is 0.0249. The molecule has 0 spiro atoms. The molecule has 0 unspecified atom stereocenters. The van der Waals surface area contributed by atoms with Crippen LogP contribution in [0, 0.1) is 0 Å². The molecule has 120 valence electrons. The third kappa shape index (κ3) is 16.1. The normalized spacial score (nSPS) is 11.4. The molecule has 0 bridgehead atoms. The van der Waals surface area contributed by atoms with Crippen molar-refractivity contribution in [2.45, 2.75) is 90.9 Å². The van der Waals surface area contributed by atoms with Crippen molar-refractivity contribution in [3.05, 3.63) is 0 Å². The van der Waals surface area contributed by atoms with Crippen molar-refractivity contribution in [3.63, 3.8) is 0 Å². The Labute approximate surface area is 131 Å². The average molecular weight is 281 g/mol. The zero-order chi connectivity index (χ0) is 14.4. The van der Waals surface area contributed by atoms with Crippen LogP contribution in [0.25, 0.3) is 0 Å². The summed E-state index contributed by atoms with van der Waals surface area (Å²) >= 11 is 0. The molecule has 0 N–H and O–H groups in total. The summed E-state index contributed by atoms with van der Waals surface area (Å²) in [6, 6.07) is 0. The first kappa shape index (κ1) is 22.3. The lowest BCUT2D eigenvalue weighted by atomic mass is 10.1. The van der Waals surface area contributed by atoms with Gasteiger partial charge in [0.1, 0.15) is 0 Å². The summed E-state index contributed by atoms with van der Waals surface area (Å²) < 4.78 is 1.19. The lowest BCUT2D eigenvalue weighted by molar-refractivity contribution is -0.888. The van der Waals surface area contributed by atoms with Crippen LogP contribution in [0.4, 0.5) is 0 Å². The van der Waals surface area contributed by atoms with Crippen LogP contribution in [0.3, 0.4) is 0 Å².